The first-order chi connectivity index (χ1) is 12.1. The maximum Gasteiger partial charge on any atom is 0.239 e. The molecule has 0 aromatic heterocycles. The van der Waals surface area contributed by atoms with Crippen molar-refractivity contribution in [2.45, 2.75) is 19.3 Å². The zero-order valence-corrected chi connectivity index (χ0v) is 14.7. The van der Waals surface area contributed by atoms with Gasteiger partial charge in [0.2, 0.25) is 11.8 Å². The highest BCUT2D eigenvalue weighted by Crippen LogP contribution is 2.26. The molecule has 1 saturated heterocycles. The smallest absolute Gasteiger partial charge is 0.239 e. The Morgan fingerprint density at radius 3 is 2.56 bits per heavy atom. The van der Waals surface area contributed by atoms with Crippen molar-refractivity contribution in [3.05, 3.63) is 65.2 Å². The van der Waals surface area contributed by atoms with E-state index in [1.165, 1.54) is 5.56 Å². The molecule has 4 nitrogen and oxygen atoms in total. The van der Waals surface area contributed by atoms with Gasteiger partial charge in [0.05, 0.1) is 0 Å². The molecule has 2 amide bonds. The van der Waals surface area contributed by atoms with Crippen molar-refractivity contribution in [3.8, 4) is 0 Å². The monoisotopic (exact) mass is 356 g/mol. The summed E-state index contributed by atoms with van der Waals surface area (Å²) in [7, 11) is 0. The van der Waals surface area contributed by atoms with Crippen LogP contribution in [0.1, 0.15) is 18.4 Å². The van der Waals surface area contributed by atoms with Gasteiger partial charge in [-0.15, -0.1) is 0 Å². The summed E-state index contributed by atoms with van der Waals surface area (Å²) in [5.74, 6) is -0.898. The van der Waals surface area contributed by atoms with Crippen LogP contribution in [0.3, 0.4) is 0 Å². The number of carbonyl (C=O) groups excluding carboxylic acids is 2. The van der Waals surface area contributed by atoms with Crippen molar-refractivity contribution in [1.29, 1.82) is 0 Å². The molecular weight excluding hydrogens is 336 g/mol. The molecule has 0 radical (unpaired) electrons. The van der Waals surface area contributed by atoms with Crippen LogP contribution in [0.5, 0.6) is 0 Å². The number of anilines is 1. The third kappa shape index (κ3) is 4.40. The summed E-state index contributed by atoms with van der Waals surface area (Å²) in [5.41, 5.74) is 2.04. The van der Waals surface area contributed by atoms with Gasteiger partial charge in [-0.25, -0.2) is 0 Å². The molecule has 0 spiro atoms. The van der Waals surface area contributed by atoms with Gasteiger partial charge >= 0.3 is 0 Å². The third-order valence-corrected chi connectivity index (χ3v) is 4.70. The van der Waals surface area contributed by atoms with Gasteiger partial charge in [-0.2, -0.15) is 0 Å². The fraction of sp³-hybridized carbons (Fsp3) is 0.300. The van der Waals surface area contributed by atoms with Crippen molar-refractivity contribution >= 4 is 29.1 Å². The number of carbonyl (C=O) groups is 2. The second-order valence-corrected chi connectivity index (χ2v) is 6.62. The fourth-order valence-corrected chi connectivity index (χ4v) is 3.20. The molecule has 130 valence electrons. The van der Waals surface area contributed by atoms with Gasteiger partial charge in [0.15, 0.2) is 0 Å². The second-order valence-electron chi connectivity index (χ2n) is 6.19. The molecule has 1 aliphatic rings. The maximum atomic E-state index is 12.5. The summed E-state index contributed by atoms with van der Waals surface area (Å²) in [6, 6.07) is 17.3. The lowest BCUT2D eigenvalue weighted by atomic mass is 10.1. The van der Waals surface area contributed by atoms with Gasteiger partial charge in [-0.05, 0) is 49.1 Å². The van der Waals surface area contributed by atoms with Gasteiger partial charge in [0, 0.05) is 23.8 Å². The van der Waals surface area contributed by atoms with Crippen LogP contribution in [-0.2, 0) is 16.0 Å². The Morgan fingerprint density at radius 2 is 1.84 bits per heavy atom. The summed E-state index contributed by atoms with van der Waals surface area (Å²) in [5, 5.41) is 3.53. The molecule has 1 N–H and O–H groups in total. The van der Waals surface area contributed by atoms with Crippen molar-refractivity contribution in [3.63, 3.8) is 0 Å². The van der Waals surface area contributed by atoms with Crippen LogP contribution < -0.4 is 10.2 Å². The Bertz CT molecular complexity index is 731. The lowest BCUT2D eigenvalue weighted by Crippen LogP contribution is -2.37. The highest BCUT2D eigenvalue weighted by molar-refractivity contribution is 6.30. The van der Waals surface area contributed by atoms with Crippen LogP contribution in [0.25, 0.3) is 0 Å². The number of halogens is 1. The quantitative estimate of drug-likeness (QED) is 0.636. The van der Waals surface area contributed by atoms with Crippen molar-refractivity contribution in [1.82, 2.24) is 5.32 Å². The molecule has 5 heteroatoms. The van der Waals surface area contributed by atoms with Crippen LogP contribution in [0.2, 0.25) is 5.02 Å². The van der Waals surface area contributed by atoms with E-state index in [0.29, 0.717) is 24.5 Å². The van der Waals surface area contributed by atoms with Gasteiger partial charge in [0.1, 0.15) is 5.92 Å². The van der Waals surface area contributed by atoms with Gasteiger partial charge in [-0.1, -0.05) is 41.9 Å². The highest BCUT2D eigenvalue weighted by atomic mass is 35.5. The molecule has 3 rings (SSSR count). The van der Waals surface area contributed by atoms with Crippen LogP contribution in [0, 0.1) is 5.92 Å². The number of amides is 2. The third-order valence-electron chi connectivity index (χ3n) is 4.44. The molecule has 1 heterocycles. The molecule has 25 heavy (non-hydrogen) atoms. The summed E-state index contributed by atoms with van der Waals surface area (Å²) < 4.78 is 0. The molecule has 0 unspecified atom stereocenters. The number of hydrogen-bond donors (Lipinski definition) is 1. The molecule has 0 aliphatic carbocycles. The van der Waals surface area contributed by atoms with Crippen LogP contribution in [-0.4, -0.2) is 24.9 Å². The van der Waals surface area contributed by atoms with E-state index < -0.39 is 5.92 Å². The Labute approximate surface area is 152 Å². The average Bonchev–Trinajstić information content (AvgIpc) is 3.02. The predicted octanol–water partition coefficient (Wildman–Crippen LogP) is 3.44. The number of rotatable bonds is 6. The van der Waals surface area contributed by atoms with Crippen LogP contribution in [0.4, 0.5) is 5.69 Å². The van der Waals surface area contributed by atoms with Crippen LogP contribution >= 0.6 is 11.6 Å². The van der Waals surface area contributed by atoms with E-state index in [9.17, 15) is 9.59 Å². The van der Waals surface area contributed by atoms with E-state index in [2.05, 4.69) is 17.4 Å². The molecule has 0 bridgehead atoms. The van der Waals surface area contributed by atoms with Gasteiger partial charge in [0.25, 0.3) is 0 Å². The zero-order valence-electron chi connectivity index (χ0n) is 14.0. The maximum absolute atomic E-state index is 12.5. The number of aryl methyl sites for hydroxylation is 1. The predicted molar refractivity (Wildman–Crippen MR) is 99.7 cm³/mol. The van der Waals surface area contributed by atoms with E-state index >= 15 is 0 Å². The lowest BCUT2D eigenvalue weighted by Gasteiger charge is -2.16. The Balaban J connectivity index is 1.48. The molecular formula is C20H21ClN2O2. The van der Waals surface area contributed by atoms with E-state index in [1.807, 2.05) is 18.2 Å². The number of hydrogen-bond acceptors (Lipinski definition) is 2. The summed E-state index contributed by atoms with van der Waals surface area (Å²) in [4.78, 5) is 26.5. The molecule has 1 fully saturated rings. The molecule has 0 saturated carbocycles. The summed E-state index contributed by atoms with van der Waals surface area (Å²) in [6.45, 7) is 1.14. The van der Waals surface area contributed by atoms with Crippen molar-refractivity contribution in [2.75, 3.05) is 18.0 Å². The van der Waals surface area contributed by atoms with Crippen molar-refractivity contribution in [2.24, 2.45) is 5.92 Å². The lowest BCUT2D eigenvalue weighted by molar-refractivity contribution is -0.132. The Kier molecular flexibility index (Phi) is 5.71. The zero-order chi connectivity index (χ0) is 17.6. The minimum atomic E-state index is -0.590. The Hall–Kier alpha value is -2.33. The van der Waals surface area contributed by atoms with E-state index in [1.54, 1.807) is 29.2 Å². The number of nitrogens with zero attached hydrogens (tertiary/aromatic N) is 1. The van der Waals surface area contributed by atoms with Crippen molar-refractivity contribution < 1.29 is 9.59 Å². The largest absolute Gasteiger partial charge is 0.355 e. The summed E-state index contributed by atoms with van der Waals surface area (Å²) in [6.07, 6.45) is 2.32. The van der Waals surface area contributed by atoms with Crippen LogP contribution in [0.15, 0.2) is 54.6 Å². The molecule has 2 aromatic carbocycles. The first-order valence-electron chi connectivity index (χ1n) is 8.54. The van der Waals surface area contributed by atoms with E-state index in [0.717, 1.165) is 18.5 Å². The first kappa shape index (κ1) is 17.5. The van der Waals surface area contributed by atoms with Gasteiger partial charge < -0.3 is 10.2 Å². The molecule has 1 aliphatic heterocycles. The van der Waals surface area contributed by atoms with E-state index in [4.69, 9.17) is 11.6 Å². The van der Waals surface area contributed by atoms with Gasteiger partial charge in [-0.3, -0.25) is 9.59 Å². The topological polar surface area (TPSA) is 49.4 Å². The molecule has 2 aromatic rings. The second kappa shape index (κ2) is 8.17. The summed E-state index contributed by atoms with van der Waals surface area (Å²) >= 11 is 5.88. The standard InChI is InChI=1S/C20H21ClN2O2/c21-16-8-10-17(11-9-16)23-14-12-18(20(23)25)19(24)22-13-4-7-15-5-2-1-3-6-15/h1-3,5-6,8-11,18H,4,7,12-14H2,(H,22,24)/t18-/m0/s1. The minimum absolute atomic E-state index is 0.136. The minimum Gasteiger partial charge on any atom is -0.355 e. The van der Waals surface area contributed by atoms with E-state index in [-0.39, 0.29) is 11.8 Å². The SMILES string of the molecule is O=C(NCCCc1ccccc1)[C@@H]1CCN(c2ccc(Cl)cc2)C1=O. The normalized spacial score (nSPS) is 16.9. The highest BCUT2D eigenvalue weighted by Gasteiger charge is 2.37. The number of nitrogens with one attached hydrogen (secondary N) is 1. The molecule has 1 atom stereocenters. The fourth-order valence-electron chi connectivity index (χ4n) is 3.07. The number of benzene rings is 2. The first-order valence-corrected chi connectivity index (χ1v) is 8.91. The Morgan fingerprint density at radius 1 is 1.12 bits per heavy atom. The average molecular weight is 357 g/mol.